The predicted octanol–water partition coefficient (Wildman–Crippen LogP) is 1.56. The third-order valence-corrected chi connectivity index (χ3v) is 4.71. The van der Waals surface area contributed by atoms with Crippen molar-refractivity contribution in [3.05, 3.63) is 89.7 Å². The molecule has 0 spiro atoms. The van der Waals surface area contributed by atoms with Crippen molar-refractivity contribution in [2.45, 2.75) is 18.7 Å². The van der Waals surface area contributed by atoms with Crippen LogP contribution in [0.4, 0.5) is 0 Å². The molecule has 3 aromatic rings. The molecule has 0 amide bonds. The highest BCUT2D eigenvalue weighted by Crippen LogP contribution is 2.25. The van der Waals surface area contributed by atoms with E-state index in [1.165, 1.54) is 0 Å². The highest BCUT2D eigenvalue weighted by molar-refractivity contribution is 5.35. The Morgan fingerprint density at radius 2 is 2.00 bits per heavy atom. The number of hydrazine groups is 1. The number of rotatable bonds is 5. The first-order valence-electron chi connectivity index (χ1n) is 9.11. The molecule has 28 heavy (non-hydrogen) atoms. The van der Waals surface area contributed by atoms with Gasteiger partial charge in [0.2, 0.25) is 0 Å². The van der Waals surface area contributed by atoms with Crippen LogP contribution in [-0.4, -0.2) is 12.6 Å². The maximum Gasteiger partial charge on any atom is 0.173 e. The first kappa shape index (κ1) is 18.0. The van der Waals surface area contributed by atoms with E-state index in [0.29, 0.717) is 18.7 Å². The van der Waals surface area contributed by atoms with Crippen molar-refractivity contribution in [1.29, 1.82) is 5.26 Å². The Morgan fingerprint density at radius 1 is 1.14 bits per heavy atom. The average molecular weight is 372 g/mol. The fourth-order valence-electron chi connectivity index (χ4n) is 3.36. The number of ether oxygens (including phenoxy) is 1. The van der Waals surface area contributed by atoms with Crippen LogP contribution in [0.15, 0.2) is 73.1 Å². The molecule has 1 saturated heterocycles. The standard InChI is InChI=1S/C22H20N4O2/c23-12-16-6-8-20(9-7-16)28-21-13-24-25-22(21)18-4-1-3-17(11-18)14-26-10-2-5-19(27)15-26/h1-11,15,21-22,24-25H,13-14H2. The molecule has 2 N–H and O–H groups in total. The van der Waals surface area contributed by atoms with Gasteiger partial charge in [-0.25, -0.2) is 9.99 Å². The van der Waals surface area contributed by atoms with Crippen LogP contribution in [0.2, 0.25) is 0 Å². The van der Waals surface area contributed by atoms with Crippen LogP contribution in [0.1, 0.15) is 22.7 Å². The average Bonchev–Trinajstić information content (AvgIpc) is 3.17. The summed E-state index contributed by atoms with van der Waals surface area (Å²) in [5.41, 5.74) is 9.28. The second-order valence-corrected chi connectivity index (χ2v) is 6.75. The molecule has 2 atom stereocenters. The summed E-state index contributed by atoms with van der Waals surface area (Å²) in [6.07, 6.45) is 3.40. The zero-order valence-corrected chi connectivity index (χ0v) is 15.2. The van der Waals surface area contributed by atoms with Gasteiger partial charge in [0.1, 0.15) is 11.9 Å². The molecule has 1 aromatic heterocycles. The summed E-state index contributed by atoms with van der Waals surface area (Å²) in [6, 6.07) is 20.8. The maximum atomic E-state index is 11.5. The monoisotopic (exact) mass is 372 g/mol. The molecular formula is C22H20N4O2. The van der Waals surface area contributed by atoms with Crippen molar-refractivity contribution in [2.75, 3.05) is 6.54 Å². The van der Waals surface area contributed by atoms with E-state index in [1.54, 1.807) is 30.5 Å². The number of pyridine rings is 1. The SMILES string of the molecule is N#Cc1ccc(OC2CNNC2c2cccc(C[n+]3cccc([O-])c3)c2)cc1. The zero-order chi connectivity index (χ0) is 19.3. The quantitative estimate of drug-likeness (QED) is 0.664. The molecule has 6 heteroatoms. The molecule has 2 unspecified atom stereocenters. The Labute approximate surface area is 163 Å². The molecule has 1 aliphatic heterocycles. The number of aromatic nitrogens is 1. The Bertz CT molecular complexity index is 998. The van der Waals surface area contributed by atoms with Gasteiger partial charge in [-0.05, 0) is 41.6 Å². The summed E-state index contributed by atoms with van der Waals surface area (Å²) < 4.78 is 8.02. The lowest BCUT2D eigenvalue weighted by molar-refractivity contribution is -0.690. The minimum Gasteiger partial charge on any atom is -0.868 e. The number of nitrogens with zero attached hydrogens (tertiary/aromatic N) is 2. The summed E-state index contributed by atoms with van der Waals surface area (Å²) in [7, 11) is 0. The number of nitriles is 1. The minimum absolute atomic E-state index is 0.00352. The van der Waals surface area contributed by atoms with Gasteiger partial charge < -0.3 is 9.84 Å². The second-order valence-electron chi connectivity index (χ2n) is 6.75. The Morgan fingerprint density at radius 3 is 2.79 bits per heavy atom. The number of hydrogen-bond acceptors (Lipinski definition) is 5. The molecule has 0 bridgehead atoms. The lowest BCUT2D eigenvalue weighted by atomic mass is 10.0. The topological polar surface area (TPSA) is 84.0 Å². The number of nitrogens with one attached hydrogen (secondary N) is 2. The molecule has 2 heterocycles. The number of hydrogen-bond donors (Lipinski definition) is 2. The van der Waals surface area contributed by atoms with E-state index in [4.69, 9.17) is 10.00 Å². The van der Waals surface area contributed by atoms with E-state index in [9.17, 15) is 5.11 Å². The maximum absolute atomic E-state index is 11.5. The smallest absolute Gasteiger partial charge is 0.173 e. The largest absolute Gasteiger partial charge is 0.868 e. The lowest BCUT2D eigenvalue weighted by Crippen LogP contribution is -2.34. The fourth-order valence-corrected chi connectivity index (χ4v) is 3.36. The van der Waals surface area contributed by atoms with E-state index in [1.807, 2.05) is 35.0 Å². The van der Waals surface area contributed by atoms with Crippen molar-refractivity contribution in [1.82, 2.24) is 10.9 Å². The molecule has 4 rings (SSSR count). The summed E-state index contributed by atoms with van der Waals surface area (Å²) in [4.78, 5) is 0. The van der Waals surface area contributed by atoms with E-state index >= 15 is 0 Å². The van der Waals surface area contributed by atoms with Crippen LogP contribution in [0, 0.1) is 11.3 Å². The fraction of sp³-hybridized carbons (Fsp3) is 0.182. The molecule has 1 fully saturated rings. The first-order valence-corrected chi connectivity index (χ1v) is 9.11. The second kappa shape index (κ2) is 8.09. The molecule has 0 saturated carbocycles. The van der Waals surface area contributed by atoms with Gasteiger partial charge in [0.05, 0.1) is 17.7 Å². The summed E-state index contributed by atoms with van der Waals surface area (Å²) in [5.74, 6) is 0.731. The normalized spacial score (nSPS) is 18.5. The van der Waals surface area contributed by atoms with Crippen LogP contribution in [0.5, 0.6) is 11.5 Å². The van der Waals surface area contributed by atoms with Crippen LogP contribution >= 0.6 is 0 Å². The lowest BCUT2D eigenvalue weighted by Gasteiger charge is -2.21. The molecule has 0 radical (unpaired) electrons. The molecule has 2 aromatic carbocycles. The Kier molecular flexibility index (Phi) is 5.20. The Balaban J connectivity index is 1.50. The van der Waals surface area contributed by atoms with Crippen molar-refractivity contribution < 1.29 is 14.4 Å². The van der Waals surface area contributed by atoms with Crippen LogP contribution in [0.25, 0.3) is 0 Å². The van der Waals surface area contributed by atoms with Gasteiger partial charge in [0, 0.05) is 18.2 Å². The van der Waals surface area contributed by atoms with Gasteiger partial charge in [-0.15, -0.1) is 0 Å². The molecule has 1 aliphatic rings. The van der Waals surface area contributed by atoms with Crippen molar-refractivity contribution in [3.8, 4) is 17.6 Å². The summed E-state index contributed by atoms with van der Waals surface area (Å²) in [6.45, 7) is 1.30. The van der Waals surface area contributed by atoms with E-state index in [0.717, 1.165) is 16.9 Å². The zero-order valence-electron chi connectivity index (χ0n) is 15.2. The third-order valence-electron chi connectivity index (χ3n) is 4.71. The summed E-state index contributed by atoms with van der Waals surface area (Å²) in [5, 5.41) is 20.5. The van der Waals surface area contributed by atoms with Crippen molar-refractivity contribution in [2.24, 2.45) is 0 Å². The van der Waals surface area contributed by atoms with Crippen LogP contribution in [0.3, 0.4) is 0 Å². The van der Waals surface area contributed by atoms with Gasteiger partial charge >= 0.3 is 0 Å². The minimum atomic E-state index is -0.0826. The highest BCUT2D eigenvalue weighted by atomic mass is 16.5. The van der Waals surface area contributed by atoms with Crippen LogP contribution in [-0.2, 0) is 6.54 Å². The highest BCUT2D eigenvalue weighted by Gasteiger charge is 2.30. The molecular weight excluding hydrogens is 352 g/mol. The van der Waals surface area contributed by atoms with Crippen molar-refractivity contribution >= 4 is 0 Å². The van der Waals surface area contributed by atoms with Crippen molar-refractivity contribution in [3.63, 3.8) is 0 Å². The van der Waals surface area contributed by atoms with E-state index in [2.05, 4.69) is 29.1 Å². The molecule has 6 nitrogen and oxygen atoms in total. The molecule has 0 aliphatic carbocycles. The van der Waals surface area contributed by atoms with Gasteiger partial charge in [0.15, 0.2) is 18.9 Å². The first-order chi connectivity index (χ1) is 13.7. The Hall–Kier alpha value is -3.40. The van der Waals surface area contributed by atoms with Gasteiger partial charge in [-0.2, -0.15) is 5.26 Å². The van der Waals surface area contributed by atoms with Gasteiger partial charge in [-0.1, -0.05) is 24.3 Å². The van der Waals surface area contributed by atoms with E-state index < -0.39 is 0 Å². The number of benzene rings is 2. The third kappa shape index (κ3) is 4.12. The van der Waals surface area contributed by atoms with Crippen LogP contribution < -0.4 is 25.3 Å². The van der Waals surface area contributed by atoms with E-state index in [-0.39, 0.29) is 17.9 Å². The van der Waals surface area contributed by atoms with Gasteiger partial charge in [-0.3, -0.25) is 5.43 Å². The summed E-state index contributed by atoms with van der Waals surface area (Å²) >= 11 is 0. The predicted molar refractivity (Wildman–Crippen MR) is 101 cm³/mol. The van der Waals surface area contributed by atoms with Gasteiger partial charge in [0.25, 0.3) is 0 Å². The molecule has 140 valence electrons.